The van der Waals surface area contributed by atoms with Crippen molar-refractivity contribution in [2.45, 2.75) is 46.1 Å². The zero-order chi connectivity index (χ0) is 12.3. The Labute approximate surface area is 103 Å². The average molecular weight is 245 g/mol. The van der Waals surface area contributed by atoms with Crippen molar-refractivity contribution in [3.63, 3.8) is 0 Å². The number of halogens is 1. The highest BCUT2D eigenvalue weighted by Gasteiger charge is 2.16. The monoisotopic (exact) mass is 244 g/mol. The summed E-state index contributed by atoms with van der Waals surface area (Å²) in [6.07, 6.45) is 1.23. The van der Waals surface area contributed by atoms with Crippen molar-refractivity contribution in [2.75, 3.05) is 0 Å². The molecule has 0 aliphatic carbocycles. The quantitative estimate of drug-likeness (QED) is 0.744. The highest BCUT2D eigenvalue weighted by molar-refractivity contribution is 6.17. The van der Waals surface area contributed by atoms with Crippen LogP contribution in [0.15, 0.2) is 0 Å². The Morgan fingerprint density at radius 1 is 1.38 bits per heavy atom. The van der Waals surface area contributed by atoms with Gasteiger partial charge in [0.05, 0.1) is 23.2 Å². The SMILES string of the molecule is Cc1nn(C)c(OC(C)CC(C)C)c1CCl. The molecule has 3 nitrogen and oxygen atoms in total. The molecular weight excluding hydrogens is 224 g/mol. The van der Waals surface area contributed by atoms with Crippen LogP contribution in [0.4, 0.5) is 0 Å². The molecule has 0 aliphatic heterocycles. The van der Waals surface area contributed by atoms with E-state index in [9.17, 15) is 0 Å². The highest BCUT2D eigenvalue weighted by atomic mass is 35.5. The normalized spacial score (nSPS) is 13.2. The summed E-state index contributed by atoms with van der Waals surface area (Å²) in [5.74, 6) is 1.88. The topological polar surface area (TPSA) is 27.1 Å². The zero-order valence-corrected chi connectivity index (χ0v) is 11.5. The van der Waals surface area contributed by atoms with Crippen LogP contribution in [0.1, 0.15) is 38.4 Å². The molecule has 1 aromatic heterocycles. The standard InChI is InChI=1S/C12H21ClN2O/c1-8(2)6-9(3)16-12-11(7-13)10(4)14-15(12)5/h8-9H,6-7H2,1-5H3. The van der Waals surface area contributed by atoms with E-state index in [-0.39, 0.29) is 6.10 Å². The van der Waals surface area contributed by atoms with E-state index in [1.54, 1.807) is 4.68 Å². The van der Waals surface area contributed by atoms with E-state index in [1.807, 2.05) is 14.0 Å². The molecule has 16 heavy (non-hydrogen) atoms. The Bertz CT molecular complexity index is 347. The first-order chi connectivity index (χ1) is 7.45. The number of ether oxygens (including phenoxy) is 1. The highest BCUT2D eigenvalue weighted by Crippen LogP contribution is 2.25. The Hall–Kier alpha value is -0.700. The van der Waals surface area contributed by atoms with E-state index in [1.165, 1.54) is 0 Å². The van der Waals surface area contributed by atoms with Crippen LogP contribution in [0.5, 0.6) is 5.88 Å². The molecule has 0 aliphatic rings. The number of aryl methyl sites for hydroxylation is 2. The summed E-state index contributed by atoms with van der Waals surface area (Å²) in [7, 11) is 1.89. The summed E-state index contributed by atoms with van der Waals surface area (Å²) in [6.45, 7) is 8.42. The molecule has 92 valence electrons. The van der Waals surface area contributed by atoms with Crippen LogP contribution >= 0.6 is 11.6 Å². The molecule has 0 saturated carbocycles. The first-order valence-corrected chi connectivity index (χ1v) is 6.24. The Morgan fingerprint density at radius 3 is 2.50 bits per heavy atom. The molecule has 0 amide bonds. The fraction of sp³-hybridized carbons (Fsp3) is 0.750. The molecule has 0 spiro atoms. The third kappa shape index (κ3) is 3.14. The second-order valence-electron chi connectivity index (χ2n) is 4.68. The van der Waals surface area contributed by atoms with E-state index in [0.717, 1.165) is 23.6 Å². The maximum Gasteiger partial charge on any atom is 0.216 e. The van der Waals surface area contributed by atoms with Crippen molar-refractivity contribution in [3.8, 4) is 5.88 Å². The fourth-order valence-corrected chi connectivity index (χ4v) is 2.19. The van der Waals surface area contributed by atoms with Gasteiger partial charge in [0.1, 0.15) is 0 Å². The lowest BCUT2D eigenvalue weighted by Crippen LogP contribution is -2.16. The van der Waals surface area contributed by atoms with Crippen LogP contribution in [0.3, 0.4) is 0 Å². The van der Waals surface area contributed by atoms with Crippen LogP contribution in [0, 0.1) is 12.8 Å². The Kier molecular flexibility index (Phi) is 4.66. The summed E-state index contributed by atoms with van der Waals surface area (Å²) in [6, 6.07) is 0. The maximum atomic E-state index is 5.91. The minimum absolute atomic E-state index is 0.191. The van der Waals surface area contributed by atoms with E-state index in [2.05, 4.69) is 25.9 Å². The van der Waals surface area contributed by atoms with Gasteiger partial charge in [0, 0.05) is 7.05 Å². The van der Waals surface area contributed by atoms with Gasteiger partial charge in [-0.1, -0.05) is 13.8 Å². The Morgan fingerprint density at radius 2 is 2.00 bits per heavy atom. The van der Waals surface area contributed by atoms with Crippen molar-refractivity contribution in [2.24, 2.45) is 13.0 Å². The second kappa shape index (κ2) is 5.58. The van der Waals surface area contributed by atoms with Gasteiger partial charge >= 0.3 is 0 Å². The second-order valence-corrected chi connectivity index (χ2v) is 4.95. The summed E-state index contributed by atoms with van der Waals surface area (Å²) in [5, 5.41) is 4.32. The van der Waals surface area contributed by atoms with E-state index in [4.69, 9.17) is 16.3 Å². The number of hydrogen-bond donors (Lipinski definition) is 0. The lowest BCUT2D eigenvalue weighted by molar-refractivity contribution is 0.176. The Balaban J connectivity index is 2.79. The molecule has 1 heterocycles. The maximum absolute atomic E-state index is 5.91. The van der Waals surface area contributed by atoms with Gasteiger partial charge in [0.25, 0.3) is 0 Å². The van der Waals surface area contributed by atoms with Crippen LogP contribution in [0.2, 0.25) is 0 Å². The number of hydrogen-bond acceptors (Lipinski definition) is 2. The predicted molar refractivity (Wildman–Crippen MR) is 67.0 cm³/mol. The van der Waals surface area contributed by atoms with Gasteiger partial charge in [-0.05, 0) is 26.2 Å². The van der Waals surface area contributed by atoms with Crippen molar-refractivity contribution in [3.05, 3.63) is 11.3 Å². The molecule has 0 fully saturated rings. The third-order valence-corrected chi connectivity index (χ3v) is 2.81. The molecule has 0 radical (unpaired) electrons. The fourth-order valence-electron chi connectivity index (χ4n) is 1.88. The third-order valence-electron chi connectivity index (χ3n) is 2.54. The van der Waals surface area contributed by atoms with Gasteiger partial charge in [0.2, 0.25) is 5.88 Å². The minimum Gasteiger partial charge on any atom is -0.475 e. The molecule has 1 unspecified atom stereocenters. The molecule has 0 bridgehead atoms. The molecule has 0 aromatic carbocycles. The van der Waals surface area contributed by atoms with E-state index < -0.39 is 0 Å². The largest absolute Gasteiger partial charge is 0.475 e. The van der Waals surface area contributed by atoms with Gasteiger partial charge < -0.3 is 4.74 Å². The van der Waals surface area contributed by atoms with Gasteiger partial charge in [-0.15, -0.1) is 11.6 Å². The smallest absolute Gasteiger partial charge is 0.216 e. The summed E-state index contributed by atoms with van der Waals surface area (Å²) in [4.78, 5) is 0. The number of aromatic nitrogens is 2. The molecule has 1 atom stereocenters. The van der Waals surface area contributed by atoms with Crippen LogP contribution in [-0.4, -0.2) is 15.9 Å². The van der Waals surface area contributed by atoms with Gasteiger partial charge in [0.15, 0.2) is 0 Å². The lowest BCUT2D eigenvalue weighted by Gasteiger charge is -2.17. The van der Waals surface area contributed by atoms with Crippen LogP contribution < -0.4 is 4.74 Å². The number of nitrogens with zero attached hydrogens (tertiary/aromatic N) is 2. The van der Waals surface area contributed by atoms with E-state index >= 15 is 0 Å². The number of alkyl halides is 1. The minimum atomic E-state index is 0.191. The van der Waals surface area contributed by atoms with Crippen molar-refractivity contribution >= 4 is 11.6 Å². The molecule has 1 rings (SSSR count). The van der Waals surface area contributed by atoms with Gasteiger partial charge in [-0.25, -0.2) is 4.68 Å². The van der Waals surface area contributed by atoms with Crippen molar-refractivity contribution in [1.82, 2.24) is 9.78 Å². The average Bonchev–Trinajstić information content (AvgIpc) is 2.40. The predicted octanol–water partition coefficient (Wildman–Crippen LogP) is 3.28. The molecular formula is C12H21ClN2O. The lowest BCUT2D eigenvalue weighted by atomic mass is 10.1. The number of rotatable bonds is 5. The molecule has 1 aromatic rings. The summed E-state index contributed by atoms with van der Waals surface area (Å²) in [5.41, 5.74) is 1.95. The zero-order valence-electron chi connectivity index (χ0n) is 10.7. The van der Waals surface area contributed by atoms with Gasteiger partial charge in [-0.2, -0.15) is 5.10 Å². The summed E-state index contributed by atoms with van der Waals surface area (Å²) < 4.78 is 7.68. The molecule has 0 N–H and O–H groups in total. The molecule has 0 saturated heterocycles. The molecule has 4 heteroatoms. The van der Waals surface area contributed by atoms with Crippen LogP contribution in [0.25, 0.3) is 0 Å². The van der Waals surface area contributed by atoms with Gasteiger partial charge in [-0.3, -0.25) is 0 Å². The summed E-state index contributed by atoms with van der Waals surface area (Å²) >= 11 is 5.91. The van der Waals surface area contributed by atoms with E-state index in [0.29, 0.717) is 11.8 Å². The first-order valence-electron chi connectivity index (χ1n) is 5.70. The first kappa shape index (κ1) is 13.4. The van der Waals surface area contributed by atoms with Crippen LogP contribution in [-0.2, 0) is 12.9 Å². The van der Waals surface area contributed by atoms with Crippen molar-refractivity contribution in [1.29, 1.82) is 0 Å². The van der Waals surface area contributed by atoms with Crippen molar-refractivity contribution < 1.29 is 4.74 Å².